The minimum atomic E-state index is 0.222. The summed E-state index contributed by atoms with van der Waals surface area (Å²) in [6.45, 7) is 11.3. The molecule has 4 rings (SSSR count). The van der Waals surface area contributed by atoms with Gasteiger partial charge >= 0.3 is 0 Å². The van der Waals surface area contributed by atoms with Crippen molar-refractivity contribution in [1.29, 1.82) is 0 Å². The maximum absolute atomic E-state index is 9.15. The molecule has 0 bridgehead atoms. The fraction of sp³-hybridized carbons (Fsp3) is 0.560. The van der Waals surface area contributed by atoms with Crippen LogP contribution in [0.25, 0.3) is 11.0 Å². The first-order valence-electron chi connectivity index (χ1n) is 12.5. The van der Waals surface area contributed by atoms with Gasteiger partial charge in [0.05, 0.1) is 26.0 Å². The van der Waals surface area contributed by atoms with Crippen molar-refractivity contribution < 1.29 is 9.84 Å². The maximum Gasteiger partial charge on any atom is 0.222 e. The molecule has 3 aromatic rings. The molecule has 35 heavy (non-hydrogen) atoms. The van der Waals surface area contributed by atoms with Crippen LogP contribution in [0.1, 0.15) is 36.6 Å². The molecule has 0 radical (unpaired) electrons. The molecule has 2 aromatic heterocycles. The zero-order valence-electron chi connectivity index (χ0n) is 21.1. The zero-order valence-corrected chi connectivity index (χ0v) is 21.1. The van der Waals surface area contributed by atoms with E-state index in [-0.39, 0.29) is 12.6 Å². The number of aryl methyl sites for hydroxylation is 1. The van der Waals surface area contributed by atoms with Gasteiger partial charge in [0, 0.05) is 51.4 Å². The summed E-state index contributed by atoms with van der Waals surface area (Å²) < 4.78 is 7.72. The predicted molar refractivity (Wildman–Crippen MR) is 139 cm³/mol. The Hall–Kier alpha value is -2.95. The van der Waals surface area contributed by atoms with E-state index in [1.807, 2.05) is 11.6 Å². The summed E-state index contributed by atoms with van der Waals surface area (Å²) in [5.74, 6) is 1.82. The van der Waals surface area contributed by atoms with Gasteiger partial charge in [-0.25, -0.2) is 4.98 Å². The molecule has 0 aliphatic carbocycles. The number of rotatable bonds is 11. The smallest absolute Gasteiger partial charge is 0.222 e. The average Bonchev–Trinajstić information content (AvgIpc) is 3.16. The van der Waals surface area contributed by atoms with E-state index in [9.17, 15) is 0 Å². The molecule has 1 saturated heterocycles. The Balaban J connectivity index is 1.53. The van der Waals surface area contributed by atoms with Gasteiger partial charge in [-0.15, -0.1) is 0 Å². The average molecular weight is 483 g/mol. The summed E-state index contributed by atoms with van der Waals surface area (Å²) in [4.78, 5) is 13.7. The lowest BCUT2D eigenvalue weighted by atomic mass is 10.1. The molecule has 1 aliphatic heterocycles. The van der Waals surface area contributed by atoms with E-state index in [0.717, 1.165) is 92.5 Å². The summed E-state index contributed by atoms with van der Waals surface area (Å²) in [6, 6.07) is 6.43. The van der Waals surface area contributed by atoms with Crippen molar-refractivity contribution in [2.24, 2.45) is 0 Å². The van der Waals surface area contributed by atoms with Crippen LogP contribution in [0.5, 0.6) is 5.75 Å². The largest absolute Gasteiger partial charge is 0.496 e. The molecule has 0 saturated carbocycles. The molecule has 1 aromatic carbocycles. The fourth-order valence-corrected chi connectivity index (χ4v) is 4.62. The van der Waals surface area contributed by atoms with E-state index in [1.54, 1.807) is 7.11 Å². The third-order valence-electron chi connectivity index (χ3n) is 6.55. The minimum Gasteiger partial charge on any atom is -0.496 e. The Labute approximate surface area is 207 Å². The van der Waals surface area contributed by atoms with Crippen LogP contribution in [0.15, 0.2) is 18.2 Å². The Morgan fingerprint density at radius 1 is 1.11 bits per heavy atom. The molecule has 3 heterocycles. The van der Waals surface area contributed by atoms with Gasteiger partial charge in [-0.3, -0.25) is 14.5 Å². The summed E-state index contributed by atoms with van der Waals surface area (Å²) in [5.41, 5.74) is 10.7. The van der Waals surface area contributed by atoms with E-state index in [1.165, 1.54) is 5.56 Å². The highest BCUT2D eigenvalue weighted by Gasteiger charge is 2.19. The second-order valence-corrected chi connectivity index (χ2v) is 9.14. The van der Waals surface area contributed by atoms with Crippen LogP contribution in [0, 0.1) is 6.92 Å². The quantitative estimate of drug-likeness (QED) is 0.353. The summed E-state index contributed by atoms with van der Waals surface area (Å²) >= 11 is 0. The highest BCUT2D eigenvalue weighted by atomic mass is 16.5. The first-order chi connectivity index (χ1) is 17.0. The van der Waals surface area contributed by atoms with E-state index in [0.29, 0.717) is 6.54 Å². The van der Waals surface area contributed by atoms with Crippen LogP contribution in [-0.4, -0.2) is 87.6 Å². The molecular weight excluding hydrogens is 444 g/mol. The van der Waals surface area contributed by atoms with Gasteiger partial charge in [0.2, 0.25) is 5.95 Å². The Morgan fingerprint density at radius 2 is 1.89 bits per heavy atom. The Morgan fingerprint density at radius 3 is 2.60 bits per heavy atom. The topological polar surface area (TPSA) is 118 Å². The number of unbranched alkanes of at least 4 members (excludes halogenated alkanes) is 1. The van der Waals surface area contributed by atoms with Crippen molar-refractivity contribution >= 4 is 22.8 Å². The number of β-amino-alcohol motifs (C(OH)–C–C–N with tert-alkyl or cyclic N) is 1. The van der Waals surface area contributed by atoms with Gasteiger partial charge in [-0.1, -0.05) is 25.5 Å². The first kappa shape index (κ1) is 25.2. The number of nitrogens with one attached hydrogen (secondary N) is 1. The Kier molecular flexibility index (Phi) is 8.37. The van der Waals surface area contributed by atoms with Crippen LogP contribution in [0.3, 0.4) is 0 Å². The van der Waals surface area contributed by atoms with Crippen molar-refractivity contribution in [2.75, 3.05) is 64.0 Å². The van der Waals surface area contributed by atoms with Crippen LogP contribution >= 0.6 is 0 Å². The molecule has 4 N–H and O–H groups in total. The SMILES string of the molecule is CCCCNc1nc(N)nc2c(C)nn(Cc3ccc(CN4CCN(CCO)CC4)cc3OC)c12. The van der Waals surface area contributed by atoms with Crippen molar-refractivity contribution in [3.05, 3.63) is 35.0 Å². The van der Waals surface area contributed by atoms with Gasteiger partial charge in [0.15, 0.2) is 5.82 Å². The summed E-state index contributed by atoms with van der Waals surface area (Å²) in [5, 5.41) is 17.3. The number of ether oxygens (including phenoxy) is 1. The highest BCUT2D eigenvalue weighted by Crippen LogP contribution is 2.28. The highest BCUT2D eigenvalue weighted by molar-refractivity contribution is 5.88. The molecule has 1 fully saturated rings. The van der Waals surface area contributed by atoms with Gasteiger partial charge in [0.1, 0.15) is 16.8 Å². The molecule has 0 spiro atoms. The van der Waals surface area contributed by atoms with Crippen molar-refractivity contribution in [2.45, 2.75) is 39.8 Å². The molecule has 1 aliphatic rings. The second kappa shape index (κ2) is 11.7. The third kappa shape index (κ3) is 6.01. The molecule has 10 heteroatoms. The van der Waals surface area contributed by atoms with Gasteiger partial charge < -0.3 is 20.9 Å². The number of aromatic nitrogens is 4. The number of benzene rings is 1. The first-order valence-corrected chi connectivity index (χ1v) is 12.5. The number of anilines is 2. The lowest BCUT2D eigenvalue weighted by Gasteiger charge is -2.34. The van der Waals surface area contributed by atoms with Crippen molar-refractivity contribution in [1.82, 2.24) is 29.5 Å². The van der Waals surface area contributed by atoms with Crippen LogP contribution in [-0.2, 0) is 13.1 Å². The van der Waals surface area contributed by atoms with Crippen molar-refractivity contribution in [3.63, 3.8) is 0 Å². The molecule has 0 atom stereocenters. The summed E-state index contributed by atoms with van der Waals surface area (Å²) in [6.07, 6.45) is 2.14. The van der Waals surface area contributed by atoms with E-state index in [2.05, 4.69) is 50.2 Å². The molecular formula is C25H38N8O2. The van der Waals surface area contributed by atoms with E-state index >= 15 is 0 Å². The number of fused-ring (bicyclic) bond motifs is 1. The number of hydrogen-bond donors (Lipinski definition) is 3. The van der Waals surface area contributed by atoms with Crippen LogP contribution in [0.4, 0.5) is 11.8 Å². The fourth-order valence-electron chi connectivity index (χ4n) is 4.62. The van der Waals surface area contributed by atoms with Gasteiger partial charge in [-0.05, 0) is 25.0 Å². The molecule has 190 valence electrons. The number of nitrogens with two attached hydrogens (primary N) is 1. The zero-order chi connectivity index (χ0) is 24.8. The molecule has 0 amide bonds. The van der Waals surface area contributed by atoms with E-state index < -0.39 is 0 Å². The lowest BCUT2D eigenvalue weighted by Crippen LogP contribution is -2.46. The number of aliphatic hydroxyl groups excluding tert-OH is 1. The molecule has 10 nitrogen and oxygen atoms in total. The number of aliphatic hydroxyl groups is 1. The van der Waals surface area contributed by atoms with Gasteiger partial charge in [0.25, 0.3) is 0 Å². The monoisotopic (exact) mass is 482 g/mol. The van der Waals surface area contributed by atoms with Crippen molar-refractivity contribution in [3.8, 4) is 5.75 Å². The number of piperazine rings is 1. The number of methoxy groups -OCH3 is 1. The van der Waals surface area contributed by atoms with Gasteiger partial charge in [-0.2, -0.15) is 10.1 Å². The van der Waals surface area contributed by atoms with Crippen LogP contribution in [0.2, 0.25) is 0 Å². The number of hydrogen-bond acceptors (Lipinski definition) is 9. The normalized spacial score (nSPS) is 15.1. The standard InChI is InChI=1S/C25H38N8O2/c1-4-5-8-27-24-23-22(28-25(26)29-24)18(2)30-33(23)17-20-7-6-19(15-21(20)35-3)16-32-11-9-31(10-12-32)13-14-34/h6-7,15,34H,4-5,8-14,16-17H2,1-3H3,(H3,26,27,28,29). The lowest BCUT2D eigenvalue weighted by molar-refractivity contribution is 0.108. The predicted octanol–water partition coefficient (Wildman–Crippen LogP) is 2.10. The molecule has 0 unspecified atom stereocenters. The van der Waals surface area contributed by atoms with Crippen LogP contribution < -0.4 is 15.8 Å². The number of nitrogen functional groups attached to an aromatic ring is 1. The minimum absolute atomic E-state index is 0.222. The maximum atomic E-state index is 9.15. The van der Waals surface area contributed by atoms with E-state index in [4.69, 9.17) is 20.7 Å². The summed E-state index contributed by atoms with van der Waals surface area (Å²) in [7, 11) is 1.71. The second-order valence-electron chi connectivity index (χ2n) is 9.14. The Bertz CT molecular complexity index is 1120. The number of nitrogens with zero attached hydrogens (tertiary/aromatic N) is 6. The third-order valence-corrected chi connectivity index (χ3v) is 6.55.